The van der Waals surface area contributed by atoms with E-state index < -0.39 is 5.60 Å². The average molecular weight is 353 g/mol. The number of hydrogen-bond acceptors (Lipinski definition) is 4. The summed E-state index contributed by atoms with van der Waals surface area (Å²) in [6.45, 7) is 9.41. The number of nitrogens with one attached hydrogen (secondary N) is 1. The third kappa shape index (κ3) is 5.34. The van der Waals surface area contributed by atoms with E-state index in [2.05, 4.69) is 5.32 Å². The maximum atomic E-state index is 12.4. The van der Waals surface area contributed by atoms with Crippen molar-refractivity contribution in [1.82, 2.24) is 15.1 Å². The Bertz CT molecular complexity index is 515. The van der Waals surface area contributed by atoms with E-state index in [4.69, 9.17) is 4.74 Å². The monoisotopic (exact) mass is 353 g/mol. The Hall–Kier alpha value is -1.79. The van der Waals surface area contributed by atoms with E-state index in [0.717, 1.165) is 19.3 Å². The van der Waals surface area contributed by atoms with Crippen LogP contribution in [0.3, 0.4) is 0 Å². The summed E-state index contributed by atoms with van der Waals surface area (Å²) in [5, 5.41) is 2.67. The van der Waals surface area contributed by atoms with E-state index in [1.807, 2.05) is 27.7 Å². The minimum atomic E-state index is -0.525. The molecule has 2 atom stereocenters. The molecule has 3 amide bonds. The Morgan fingerprint density at radius 2 is 1.84 bits per heavy atom. The second-order valence-electron chi connectivity index (χ2n) is 7.94. The highest BCUT2D eigenvalue weighted by Crippen LogP contribution is 2.32. The van der Waals surface area contributed by atoms with Gasteiger partial charge in [0.2, 0.25) is 11.8 Å². The smallest absolute Gasteiger partial charge is 0.410 e. The van der Waals surface area contributed by atoms with Gasteiger partial charge < -0.3 is 19.9 Å². The molecule has 2 fully saturated rings. The molecule has 7 heteroatoms. The number of carbonyl (C=O) groups excluding carboxylic acids is 3. The van der Waals surface area contributed by atoms with Crippen LogP contribution in [0.25, 0.3) is 0 Å². The first-order chi connectivity index (χ1) is 11.7. The number of rotatable bonds is 4. The number of ether oxygens (including phenoxy) is 1. The molecular formula is C18H31N3O4. The molecule has 0 unspecified atom stereocenters. The lowest BCUT2D eigenvalue weighted by atomic mass is 9.92. The Labute approximate surface area is 150 Å². The van der Waals surface area contributed by atoms with Crippen molar-refractivity contribution in [3.8, 4) is 0 Å². The fourth-order valence-corrected chi connectivity index (χ4v) is 3.52. The van der Waals surface area contributed by atoms with E-state index >= 15 is 0 Å². The fourth-order valence-electron chi connectivity index (χ4n) is 3.52. The summed E-state index contributed by atoms with van der Waals surface area (Å²) in [6.07, 6.45) is 2.74. The summed E-state index contributed by atoms with van der Waals surface area (Å²) in [5.41, 5.74) is -0.525. The lowest BCUT2D eigenvalue weighted by Crippen LogP contribution is -2.53. The van der Waals surface area contributed by atoms with Crippen LogP contribution in [-0.2, 0) is 14.3 Å². The highest BCUT2D eigenvalue weighted by atomic mass is 16.6. The average Bonchev–Trinajstić information content (AvgIpc) is 2.94. The van der Waals surface area contributed by atoms with E-state index in [1.165, 1.54) is 0 Å². The lowest BCUT2D eigenvalue weighted by molar-refractivity contribution is -0.134. The molecule has 7 nitrogen and oxygen atoms in total. The van der Waals surface area contributed by atoms with Crippen molar-refractivity contribution in [1.29, 1.82) is 0 Å². The van der Waals surface area contributed by atoms with Gasteiger partial charge in [-0.25, -0.2) is 4.79 Å². The second-order valence-corrected chi connectivity index (χ2v) is 7.94. The zero-order chi connectivity index (χ0) is 18.6. The zero-order valence-electron chi connectivity index (χ0n) is 15.8. The number of fused-ring (bicyclic) bond motifs is 1. The summed E-state index contributed by atoms with van der Waals surface area (Å²) in [4.78, 5) is 39.9. The quantitative estimate of drug-likeness (QED) is 0.835. The predicted molar refractivity (Wildman–Crippen MR) is 93.9 cm³/mol. The Morgan fingerprint density at radius 1 is 1.16 bits per heavy atom. The van der Waals surface area contributed by atoms with Gasteiger partial charge >= 0.3 is 6.09 Å². The summed E-state index contributed by atoms with van der Waals surface area (Å²) in [5.74, 6) is 0.243. The van der Waals surface area contributed by atoms with Gasteiger partial charge in [0, 0.05) is 26.1 Å². The Kier molecular flexibility index (Phi) is 6.30. The van der Waals surface area contributed by atoms with Crippen LogP contribution in [0.5, 0.6) is 0 Å². The first-order valence-corrected chi connectivity index (χ1v) is 9.25. The Balaban J connectivity index is 1.91. The van der Waals surface area contributed by atoms with Gasteiger partial charge in [0.15, 0.2) is 0 Å². The van der Waals surface area contributed by atoms with Crippen LogP contribution in [0.4, 0.5) is 4.79 Å². The van der Waals surface area contributed by atoms with Crippen LogP contribution in [0.15, 0.2) is 0 Å². The standard InChI is InChI=1S/C18H31N3O4/c1-5-6-15(22)19-11-16(23)20-9-7-13-8-10-21(14(13)12-20)17(24)25-18(2,3)4/h13-14H,5-12H2,1-4H3,(H,19,22)/t13-,14-/m0/s1. The third-order valence-corrected chi connectivity index (χ3v) is 4.76. The van der Waals surface area contributed by atoms with Gasteiger partial charge in [0.1, 0.15) is 5.60 Å². The van der Waals surface area contributed by atoms with Crippen molar-refractivity contribution in [2.75, 3.05) is 26.2 Å². The SMILES string of the molecule is CCCC(=O)NCC(=O)N1CC[C@H]2CCN(C(=O)OC(C)(C)C)[C@H]2C1. The Morgan fingerprint density at radius 3 is 2.48 bits per heavy atom. The number of likely N-dealkylation sites (tertiary alicyclic amines) is 2. The largest absolute Gasteiger partial charge is 0.444 e. The van der Waals surface area contributed by atoms with E-state index in [1.54, 1.807) is 9.80 Å². The molecule has 0 aromatic rings. The van der Waals surface area contributed by atoms with Crippen LogP contribution in [0, 0.1) is 5.92 Å². The number of nitrogens with zero attached hydrogens (tertiary/aromatic N) is 2. The number of piperidine rings is 1. The van der Waals surface area contributed by atoms with E-state index in [-0.39, 0.29) is 30.5 Å². The minimum Gasteiger partial charge on any atom is -0.444 e. The van der Waals surface area contributed by atoms with Crippen LogP contribution in [0.2, 0.25) is 0 Å². The highest BCUT2D eigenvalue weighted by Gasteiger charge is 2.42. The molecule has 2 saturated heterocycles. The van der Waals surface area contributed by atoms with Crippen LogP contribution >= 0.6 is 0 Å². The first-order valence-electron chi connectivity index (χ1n) is 9.25. The molecule has 142 valence electrons. The molecule has 1 N–H and O–H groups in total. The lowest BCUT2D eigenvalue weighted by Gasteiger charge is -2.38. The molecule has 2 aliphatic rings. The predicted octanol–water partition coefficient (Wildman–Crippen LogP) is 1.76. The molecule has 0 aromatic heterocycles. The summed E-state index contributed by atoms with van der Waals surface area (Å²) >= 11 is 0. The first kappa shape index (κ1) is 19.5. The fraction of sp³-hybridized carbons (Fsp3) is 0.833. The maximum absolute atomic E-state index is 12.4. The molecule has 2 rings (SSSR count). The van der Waals surface area contributed by atoms with Gasteiger partial charge in [-0.1, -0.05) is 6.92 Å². The normalized spacial score (nSPS) is 23.2. The van der Waals surface area contributed by atoms with Crippen molar-refractivity contribution >= 4 is 17.9 Å². The van der Waals surface area contributed by atoms with Gasteiger partial charge in [-0.15, -0.1) is 0 Å². The van der Waals surface area contributed by atoms with E-state index in [0.29, 0.717) is 32.0 Å². The minimum absolute atomic E-state index is 0.0129. The molecule has 0 spiro atoms. The summed E-state index contributed by atoms with van der Waals surface area (Å²) in [6, 6.07) is 0.0129. The van der Waals surface area contributed by atoms with Crippen molar-refractivity contribution in [3.05, 3.63) is 0 Å². The van der Waals surface area contributed by atoms with Gasteiger partial charge in [0.25, 0.3) is 0 Å². The van der Waals surface area contributed by atoms with Crippen molar-refractivity contribution in [2.45, 2.75) is 65.0 Å². The number of carbonyl (C=O) groups is 3. The van der Waals surface area contributed by atoms with Crippen LogP contribution in [-0.4, -0.2) is 65.5 Å². The molecule has 0 bridgehead atoms. The molecule has 0 aliphatic carbocycles. The number of hydrogen-bond donors (Lipinski definition) is 1. The maximum Gasteiger partial charge on any atom is 0.410 e. The van der Waals surface area contributed by atoms with Gasteiger partial charge in [-0.3, -0.25) is 9.59 Å². The molecular weight excluding hydrogens is 322 g/mol. The molecule has 2 aliphatic heterocycles. The molecule has 0 aromatic carbocycles. The highest BCUT2D eigenvalue weighted by molar-refractivity contribution is 5.84. The van der Waals surface area contributed by atoms with Gasteiger partial charge in [-0.05, 0) is 46.0 Å². The van der Waals surface area contributed by atoms with Gasteiger partial charge in [-0.2, -0.15) is 0 Å². The molecule has 2 heterocycles. The molecule has 0 saturated carbocycles. The summed E-state index contributed by atoms with van der Waals surface area (Å²) in [7, 11) is 0. The number of amides is 3. The topological polar surface area (TPSA) is 79.0 Å². The van der Waals surface area contributed by atoms with Crippen LogP contribution in [0.1, 0.15) is 53.4 Å². The van der Waals surface area contributed by atoms with Crippen molar-refractivity contribution in [3.63, 3.8) is 0 Å². The summed E-state index contributed by atoms with van der Waals surface area (Å²) < 4.78 is 5.50. The van der Waals surface area contributed by atoms with Crippen LogP contribution < -0.4 is 5.32 Å². The van der Waals surface area contributed by atoms with Gasteiger partial charge in [0.05, 0.1) is 12.6 Å². The zero-order valence-corrected chi connectivity index (χ0v) is 15.8. The van der Waals surface area contributed by atoms with Crippen molar-refractivity contribution < 1.29 is 19.1 Å². The van der Waals surface area contributed by atoms with Crippen molar-refractivity contribution in [2.24, 2.45) is 5.92 Å². The molecule has 25 heavy (non-hydrogen) atoms. The molecule has 0 radical (unpaired) electrons. The van der Waals surface area contributed by atoms with E-state index in [9.17, 15) is 14.4 Å². The second kappa shape index (κ2) is 8.06. The third-order valence-electron chi connectivity index (χ3n) is 4.76.